The molecule has 7 aromatic rings. The lowest BCUT2D eigenvalue weighted by atomic mass is 9.93. The zero-order valence-electron chi connectivity index (χ0n) is 24.3. The first-order valence-electron chi connectivity index (χ1n) is 14.9. The summed E-state index contributed by atoms with van der Waals surface area (Å²) >= 11 is 0. The maximum absolute atomic E-state index is 3.48. The average molecular weight is 559 g/mol. The second-order valence-corrected chi connectivity index (χ2v) is 10.9. The van der Waals surface area contributed by atoms with Gasteiger partial charge in [-0.15, -0.1) is 0 Å². The fraction of sp³-hybridized carbons (Fsp3) is 0. The Morgan fingerprint density at radius 1 is 0.205 bits per heavy atom. The molecule has 0 aromatic heterocycles. The maximum Gasteiger partial charge on any atom is 0.0261 e. The Hall–Kier alpha value is -5.90. The van der Waals surface area contributed by atoms with Gasteiger partial charge in [0, 0.05) is 11.1 Å². The van der Waals surface area contributed by atoms with Gasteiger partial charge in [-0.3, -0.25) is 0 Å². The van der Waals surface area contributed by atoms with Crippen LogP contribution in [0, 0.1) is 11.8 Å². The molecular formula is C44H30. The molecule has 0 heteroatoms. The van der Waals surface area contributed by atoms with Crippen LogP contribution in [0.2, 0.25) is 0 Å². The molecule has 0 spiro atoms. The lowest BCUT2D eigenvalue weighted by Gasteiger charge is -2.11. The van der Waals surface area contributed by atoms with E-state index < -0.39 is 0 Å². The summed E-state index contributed by atoms with van der Waals surface area (Å²) < 4.78 is 0. The Morgan fingerprint density at radius 2 is 0.500 bits per heavy atom. The van der Waals surface area contributed by atoms with Crippen LogP contribution in [0.1, 0.15) is 11.1 Å². The second-order valence-electron chi connectivity index (χ2n) is 10.9. The van der Waals surface area contributed by atoms with Crippen molar-refractivity contribution in [2.24, 2.45) is 0 Å². The van der Waals surface area contributed by atoms with Gasteiger partial charge in [-0.25, -0.2) is 0 Å². The van der Waals surface area contributed by atoms with Crippen LogP contribution in [0.25, 0.3) is 55.6 Å². The molecule has 0 radical (unpaired) electrons. The summed E-state index contributed by atoms with van der Waals surface area (Å²) in [5, 5.41) is 0. The molecule has 0 unspecified atom stereocenters. The first-order chi connectivity index (χ1) is 21.8. The molecule has 0 N–H and O–H groups in total. The molecular weight excluding hydrogens is 528 g/mol. The predicted molar refractivity (Wildman–Crippen MR) is 186 cm³/mol. The van der Waals surface area contributed by atoms with Crippen molar-refractivity contribution in [2.45, 2.75) is 0 Å². The minimum atomic E-state index is 0.989. The summed E-state index contributed by atoms with van der Waals surface area (Å²) in [7, 11) is 0. The van der Waals surface area contributed by atoms with E-state index in [1.54, 1.807) is 0 Å². The lowest BCUT2D eigenvalue weighted by molar-refractivity contribution is 1.55. The van der Waals surface area contributed by atoms with Gasteiger partial charge in [-0.05, 0) is 98.1 Å². The first kappa shape index (κ1) is 27.0. The Balaban J connectivity index is 1.27. The van der Waals surface area contributed by atoms with Crippen molar-refractivity contribution < 1.29 is 0 Å². The van der Waals surface area contributed by atoms with Gasteiger partial charge in [0.15, 0.2) is 0 Å². The van der Waals surface area contributed by atoms with Crippen molar-refractivity contribution >= 4 is 0 Å². The zero-order chi connectivity index (χ0) is 29.6. The third-order valence-electron chi connectivity index (χ3n) is 7.86. The smallest absolute Gasteiger partial charge is 0.0261 e. The fourth-order valence-corrected chi connectivity index (χ4v) is 5.60. The number of hydrogen-bond acceptors (Lipinski definition) is 0. The van der Waals surface area contributed by atoms with E-state index >= 15 is 0 Å². The molecule has 0 saturated heterocycles. The first-order valence-corrected chi connectivity index (χ1v) is 14.9. The zero-order valence-corrected chi connectivity index (χ0v) is 24.3. The van der Waals surface area contributed by atoms with Crippen LogP contribution in [0.5, 0.6) is 0 Å². The predicted octanol–water partition coefficient (Wildman–Crippen LogP) is 11.4. The summed E-state index contributed by atoms with van der Waals surface area (Å²) in [5.74, 6) is 6.92. The fourth-order valence-electron chi connectivity index (χ4n) is 5.60. The molecule has 0 aliphatic rings. The topological polar surface area (TPSA) is 0 Å². The maximum atomic E-state index is 3.48. The van der Waals surface area contributed by atoms with E-state index in [-0.39, 0.29) is 0 Å². The summed E-state index contributed by atoms with van der Waals surface area (Å²) in [6.07, 6.45) is 0. The van der Waals surface area contributed by atoms with E-state index in [9.17, 15) is 0 Å². The number of benzene rings is 7. The molecule has 0 heterocycles. The molecule has 0 bridgehead atoms. The van der Waals surface area contributed by atoms with Gasteiger partial charge in [0.1, 0.15) is 0 Å². The van der Waals surface area contributed by atoms with Gasteiger partial charge in [0.25, 0.3) is 0 Å². The van der Waals surface area contributed by atoms with Gasteiger partial charge in [0.05, 0.1) is 0 Å². The summed E-state index contributed by atoms with van der Waals surface area (Å²) in [6, 6.07) is 64.3. The highest BCUT2D eigenvalue weighted by atomic mass is 14.1. The summed E-state index contributed by atoms with van der Waals surface area (Å²) in [4.78, 5) is 0. The van der Waals surface area contributed by atoms with E-state index in [0.29, 0.717) is 0 Å². The summed E-state index contributed by atoms with van der Waals surface area (Å²) in [5.41, 5.74) is 13.8. The molecule has 206 valence electrons. The molecule has 0 nitrogen and oxygen atoms in total. The van der Waals surface area contributed by atoms with Gasteiger partial charge in [0.2, 0.25) is 0 Å². The molecule has 0 aliphatic heterocycles. The van der Waals surface area contributed by atoms with Gasteiger partial charge in [-0.2, -0.15) is 0 Å². The molecule has 0 amide bonds. The number of rotatable bonds is 5. The van der Waals surface area contributed by atoms with Crippen LogP contribution in [0.4, 0.5) is 0 Å². The third kappa shape index (κ3) is 6.14. The molecule has 7 aromatic carbocycles. The average Bonchev–Trinajstić information content (AvgIpc) is 3.12. The van der Waals surface area contributed by atoms with Crippen LogP contribution in [-0.2, 0) is 0 Å². The van der Waals surface area contributed by atoms with Crippen molar-refractivity contribution in [2.75, 3.05) is 0 Å². The molecule has 0 saturated carbocycles. The van der Waals surface area contributed by atoms with Crippen LogP contribution in [0.15, 0.2) is 182 Å². The van der Waals surface area contributed by atoms with E-state index in [1.165, 1.54) is 44.5 Å². The summed E-state index contributed by atoms with van der Waals surface area (Å²) in [6.45, 7) is 0. The van der Waals surface area contributed by atoms with E-state index in [2.05, 4.69) is 188 Å². The van der Waals surface area contributed by atoms with Gasteiger partial charge < -0.3 is 0 Å². The third-order valence-corrected chi connectivity index (χ3v) is 7.86. The highest BCUT2D eigenvalue weighted by molar-refractivity contribution is 5.80. The molecule has 44 heavy (non-hydrogen) atoms. The SMILES string of the molecule is C(#Cc1cc(-c2ccccc2)cc(-c2cccc(-c3cccc(-c4ccccc4)c3)c2)c1)c1cccc(-c2ccccc2)c1. The number of hydrogen-bond donors (Lipinski definition) is 0. The van der Waals surface area contributed by atoms with Gasteiger partial charge in [-0.1, -0.05) is 151 Å². The molecule has 7 rings (SSSR count). The standard InChI is InChI=1S/C44H30/c1-4-14-35(15-5-1)38-20-10-13-33(27-38)25-26-34-28-43(37-18-8-3-9-19-37)32-44(29-34)42-24-12-23-41(31-42)40-22-11-21-39(30-40)36-16-6-2-7-17-36/h1-24,27-32H. The van der Waals surface area contributed by atoms with Crippen LogP contribution >= 0.6 is 0 Å². The van der Waals surface area contributed by atoms with E-state index in [1.807, 2.05) is 6.07 Å². The van der Waals surface area contributed by atoms with Crippen molar-refractivity contribution in [1.82, 2.24) is 0 Å². The minimum absolute atomic E-state index is 0.989. The van der Waals surface area contributed by atoms with Crippen molar-refractivity contribution in [3.05, 3.63) is 193 Å². The monoisotopic (exact) mass is 558 g/mol. The molecule has 0 atom stereocenters. The Morgan fingerprint density at radius 3 is 1.02 bits per heavy atom. The van der Waals surface area contributed by atoms with Crippen LogP contribution in [-0.4, -0.2) is 0 Å². The quantitative estimate of drug-likeness (QED) is 0.184. The highest BCUT2D eigenvalue weighted by Gasteiger charge is 2.08. The second kappa shape index (κ2) is 12.5. The Kier molecular flexibility index (Phi) is 7.68. The largest absolute Gasteiger partial charge is 0.0622 e. The van der Waals surface area contributed by atoms with Crippen molar-refractivity contribution in [1.29, 1.82) is 0 Å². The minimum Gasteiger partial charge on any atom is -0.0622 e. The Bertz CT molecular complexity index is 2090. The van der Waals surface area contributed by atoms with Crippen molar-refractivity contribution in [3.8, 4) is 67.5 Å². The van der Waals surface area contributed by atoms with Crippen LogP contribution < -0.4 is 0 Å². The van der Waals surface area contributed by atoms with Crippen molar-refractivity contribution in [3.63, 3.8) is 0 Å². The molecule has 0 aliphatic carbocycles. The van der Waals surface area contributed by atoms with Crippen LogP contribution in [0.3, 0.4) is 0 Å². The lowest BCUT2D eigenvalue weighted by Crippen LogP contribution is -1.87. The molecule has 0 fully saturated rings. The Labute approximate surface area is 260 Å². The normalized spacial score (nSPS) is 10.5. The highest BCUT2D eigenvalue weighted by Crippen LogP contribution is 2.32. The van der Waals surface area contributed by atoms with E-state index in [0.717, 1.165) is 22.3 Å². The van der Waals surface area contributed by atoms with E-state index in [4.69, 9.17) is 0 Å². The van der Waals surface area contributed by atoms with Gasteiger partial charge >= 0.3 is 0 Å².